The van der Waals surface area contributed by atoms with Crippen LogP contribution in [-0.4, -0.2) is 28.9 Å². The van der Waals surface area contributed by atoms with Crippen molar-refractivity contribution in [2.24, 2.45) is 5.92 Å². The number of aromatic nitrogens is 1. The van der Waals surface area contributed by atoms with E-state index in [9.17, 15) is 4.79 Å². The van der Waals surface area contributed by atoms with E-state index in [1.807, 2.05) is 30.0 Å². The SMILES string of the molecule is Cc1nc(Cc2ccccc2)sc1C(=O)N1CCC(C)CC1. The Balaban J connectivity index is 1.73. The number of benzene rings is 1. The largest absolute Gasteiger partial charge is 0.338 e. The molecule has 0 bridgehead atoms. The van der Waals surface area contributed by atoms with Gasteiger partial charge in [-0.3, -0.25) is 4.79 Å². The number of carbonyl (C=O) groups is 1. The second kappa shape index (κ2) is 6.61. The van der Waals surface area contributed by atoms with Crippen LogP contribution in [0.3, 0.4) is 0 Å². The molecule has 0 saturated carbocycles. The molecule has 1 saturated heterocycles. The molecule has 0 radical (unpaired) electrons. The van der Waals surface area contributed by atoms with Crippen LogP contribution in [0, 0.1) is 12.8 Å². The highest BCUT2D eigenvalue weighted by Gasteiger charge is 2.24. The predicted octanol–water partition coefficient (Wildman–Crippen LogP) is 3.91. The van der Waals surface area contributed by atoms with E-state index in [-0.39, 0.29) is 5.91 Å². The molecule has 0 spiro atoms. The maximum atomic E-state index is 12.7. The first-order valence-corrected chi connectivity index (χ1v) is 8.74. The second-order valence-corrected chi connectivity index (χ2v) is 7.24. The predicted molar refractivity (Wildman–Crippen MR) is 90.4 cm³/mol. The molecule has 3 nitrogen and oxygen atoms in total. The van der Waals surface area contributed by atoms with Gasteiger partial charge in [0, 0.05) is 19.5 Å². The van der Waals surface area contributed by atoms with Crippen molar-refractivity contribution in [1.82, 2.24) is 9.88 Å². The Morgan fingerprint density at radius 1 is 1.27 bits per heavy atom. The van der Waals surface area contributed by atoms with Gasteiger partial charge < -0.3 is 4.90 Å². The molecule has 2 heterocycles. The molecular formula is C18H22N2OS. The van der Waals surface area contributed by atoms with Crippen LogP contribution in [-0.2, 0) is 6.42 Å². The Bertz CT molecular complexity index is 642. The number of nitrogens with zero attached hydrogens (tertiary/aromatic N) is 2. The number of aryl methyl sites for hydroxylation is 1. The average molecular weight is 314 g/mol. The van der Waals surface area contributed by atoms with E-state index in [0.717, 1.165) is 53.8 Å². The minimum atomic E-state index is 0.168. The zero-order chi connectivity index (χ0) is 15.5. The molecule has 1 aliphatic rings. The fraction of sp³-hybridized carbons (Fsp3) is 0.444. The van der Waals surface area contributed by atoms with Crippen molar-refractivity contribution in [3.63, 3.8) is 0 Å². The van der Waals surface area contributed by atoms with Gasteiger partial charge in [0.2, 0.25) is 0 Å². The van der Waals surface area contributed by atoms with Crippen LogP contribution in [0.1, 0.15) is 45.7 Å². The Hall–Kier alpha value is -1.68. The fourth-order valence-corrected chi connectivity index (χ4v) is 3.92. The minimum absolute atomic E-state index is 0.168. The first-order chi connectivity index (χ1) is 10.6. The van der Waals surface area contributed by atoms with Crippen LogP contribution in [0.15, 0.2) is 30.3 Å². The van der Waals surface area contributed by atoms with Crippen molar-refractivity contribution in [1.29, 1.82) is 0 Å². The molecule has 2 aromatic rings. The number of hydrogen-bond donors (Lipinski definition) is 0. The van der Waals surface area contributed by atoms with Crippen LogP contribution in [0.25, 0.3) is 0 Å². The third kappa shape index (κ3) is 3.38. The molecule has 4 heteroatoms. The van der Waals surface area contributed by atoms with E-state index in [2.05, 4.69) is 24.0 Å². The lowest BCUT2D eigenvalue weighted by molar-refractivity contribution is 0.0701. The summed E-state index contributed by atoms with van der Waals surface area (Å²) in [5.41, 5.74) is 2.11. The lowest BCUT2D eigenvalue weighted by Gasteiger charge is -2.30. The number of carbonyl (C=O) groups excluding carboxylic acids is 1. The number of rotatable bonds is 3. The fourth-order valence-electron chi connectivity index (χ4n) is 2.85. The monoisotopic (exact) mass is 314 g/mol. The van der Waals surface area contributed by atoms with Crippen molar-refractivity contribution in [3.05, 3.63) is 51.5 Å². The zero-order valence-corrected chi connectivity index (χ0v) is 14.0. The molecule has 1 aromatic heterocycles. The summed E-state index contributed by atoms with van der Waals surface area (Å²) in [6.07, 6.45) is 3.03. The summed E-state index contributed by atoms with van der Waals surface area (Å²) in [7, 11) is 0. The van der Waals surface area contributed by atoms with Crippen molar-refractivity contribution in [3.8, 4) is 0 Å². The third-order valence-corrected chi connectivity index (χ3v) is 5.45. The Labute approximate surface area is 136 Å². The van der Waals surface area contributed by atoms with Gasteiger partial charge in [-0.2, -0.15) is 0 Å². The summed E-state index contributed by atoms with van der Waals surface area (Å²) >= 11 is 1.55. The van der Waals surface area contributed by atoms with Crippen molar-refractivity contribution in [2.45, 2.75) is 33.1 Å². The van der Waals surface area contributed by atoms with Crippen LogP contribution in [0.5, 0.6) is 0 Å². The van der Waals surface area contributed by atoms with Gasteiger partial charge in [0.05, 0.1) is 10.7 Å². The highest BCUT2D eigenvalue weighted by atomic mass is 32.1. The van der Waals surface area contributed by atoms with Crippen LogP contribution in [0.2, 0.25) is 0 Å². The molecule has 1 fully saturated rings. The Morgan fingerprint density at radius 3 is 2.64 bits per heavy atom. The number of thiazole rings is 1. The number of hydrogen-bond acceptors (Lipinski definition) is 3. The molecule has 0 aliphatic carbocycles. The van der Waals surface area contributed by atoms with Gasteiger partial charge in [-0.15, -0.1) is 11.3 Å². The van der Waals surface area contributed by atoms with Gasteiger partial charge in [0.25, 0.3) is 5.91 Å². The van der Waals surface area contributed by atoms with Gasteiger partial charge in [-0.1, -0.05) is 37.3 Å². The summed E-state index contributed by atoms with van der Waals surface area (Å²) in [5.74, 6) is 0.904. The number of likely N-dealkylation sites (tertiary alicyclic amines) is 1. The smallest absolute Gasteiger partial charge is 0.265 e. The van der Waals surface area contributed by atoms with E-state index in [0.29, 0.717) is 0 Å². The molecule has 116 valence electrons. The first kappa shape index (κ1) is 15.2. The van der Waals surface area contributed by atoms with Gasteiger partial charge in [0.1, 0.15) is 4.88 Å². The normalized spacial score (nSPS) is 16.0. The maximum absolute atomic E-state index is 12.7. The standard InChI is InChI=1S/C18H22N2OS/c1-13-8-10-20(11-9-13)18(21)17-14(2)19-16(22-17)12-15-6-4-3-5-7-15/h3-7,13H,8-12H2,1-2H3. The topological polar surface area (TPSA) is 33.2 Å². The van der Waals surface area contributed by atoms with E-state index in [1.54, 1.807) is 11.3 Å². The Morgan fingerprint density at radius 2 is 1.95 bits per heavy atom. The lowest BCUT2D eigenvalue weighted by atomic mass is 9.99. The highest BCUT2D eigenvalue weighted by Crippen LogP contribution is 2.25. The van der Waals surface area contributed by atoms with Crippen LogP contribution in [0.4, 0.5) is 0 Å². The molecule has 1 aliphatic heterocycles. The Kier molecular flexibility index (Phi) is 4.57. The van der Waals surface area contributed by atoms with E-state index < -0.39 is 0 Å². The summed E-state index contributed by atoms with van der Waals surface area (Å²) in [5, 5.41) is 1.03. The van der Waals surface area contributed by atoms with Gasteiger partial charge in [0.15, 0.2) is 0 Å². The molecule has 0 atom stereocenters. The molecule has 22 heavy (non-hydrogen) atoms. The van der Waals surface area contributed by atoms with E-state index in [4.69, 9.17) is 0 Å². The van der Waals surface area contributed by atoms with E-state index >= 15 is 0 Å². The number of amides is 1. The van der Waals surface area contributed by atoms with Crippen LogP contribution < -0.4 is 0 Å². The van der Waals surface area contributed by atoms with Crippen LogP contribution >= 0.6 is 11.3 Å². The van der Waals surface area contributed by atoms with Crippen molar-refractivity contribution >= 4 is 17.2 Å². The summed E-state index contributed by atoms with van der Waals surface area (Å²) in [6.45, 7) is 5.97. The third-order valence-electron chi connectivity index (χ3n) is 4.30. The molecule has 3 rings (SSSR count). The number of piperidine rings is 1. The summed E-state index contributed by atoms with van der Waals surface area (Å²) < 4.78 is 0. The first-order valence-electron chi connectivity index (χ1n) is 7.93. The van der Waals surface area contributed by atoms with Gasteiger partial charge in [-0.05, 0) is 31.2 Å². The van der Waals surface area contributed by atoms with Gasteiger partial charge in [-0.25, -0.2) is 4.98 Å². The second-order valence-electron chi connectivity index (χ2n) is 6.16. The van der Waals surface area contributed by atoms with E-state index in [1.165, 1.54) is 5.56 Å². The lowest BCUT2D eigenvalue weighted by Crippen LogP contribution is -2.37. The average Bonchev–Trinajstić information content (AvgIpc) is 2.89. The van der Waals surface area contributed by atoms with Gasteiger partial charge >= 0.3 is 0 Å². The highest BCUT2D eigenvalue weighted by molar-refractivity contribution is 7.13. The van der Waals surface area contributed by atoms with Crippen molar-refractivity contribution in [2.75, 3.05) is 13.1 Å². The zero-order valence-electron chi connectivity index (χ0n) is 13.2. The molecular weight excluding hydrogens is 292 g/mol. The van der Waals surface area contributed by atoms with Crippen molar-refractivity contribution < 1.29 is 4.79 Å². The summed E-state index contributed by atoms with van der Waals surface area (Å²) in [6, 6.07) is 10.3. The molecule has 1 amide bonds. The molecule has 1 aromatic carbocycles. The maximum Gasteiger partial charge on any atom is 0.265 e. The summed E-state index contributed by atoms with van der Waals surface area (Å²) in [4.78, 5) is 20.1. The molecule has 0 unspecified atom stereocenters. The minimum Gasteiger partial charge on any atom is -0.338 e. The molecule has 0 N–H and O–H groups in total. The quantitative estimate of drug-likeness (QED) is 0.860.